The Kier molecular flexibility index (Phi) is 13.6. The maximum atomic E-state index is 6.16. The molecule has 2 nitrogen and oxygen atoms in total. The lowest BCUT2D eigenvalue weighted by molar-refractivity contribution is 0.304. The molecule has 0 atom stereocenters. The normalized spacial score (nSPS) is 11.2. The summed E-state index contributed by atoms with van der Waals surface area (Å²) in [6.45, 7) is 6.10. The molecule has 5 rings (SSSR count). The van der Waals surface area contributed by atoms with E-state index in [0.29, 0.717) is 0 Å². The van der Waals surface area contributed by atoms with Gasteiger partial charge in [0, 0.05) is 20.9 Å². The largest absolute Gasteiger partial charge is 0.494 e. The molecular weight excluding hydrogens is 609 g/mol. The molecule has 0 bridgehead atoms. The van der Waals surface area contributed by atoms with Gasteiger partial charge in [-0.05, 0) is 71.1 Å². The van der Waals surface area contributed by atoms with Crippen LogP contribution in [0.4, 0.5) is 0 Å². The second-order valence-electron chi connectivity index (χ2n) is 11.7. The van der Waals surface area contributed by atoms with Gasteiger partial charge in [0.25, 0.3) is 0 Å². The second-order valence-corrected chi connectivity index (χ2v) is 14.7. The zero-order valence-corrected chi connectivity index (χ0v) is 29.5. The average molecular weight is 657 g/mol. The van der Waals surface area contributed by atoms with Crippen molar-refractivity contribution < 1.29 is 9.47 Å². The summed E-state index contributed by atoms with van der Waals surface area (Å²) in [6.07, 6.45) is 15.3. The van der Waals surface area contributed by atoms with Crippen LogP contribution in [0.5, 0.6) is 11.5 Å². The Morgan fingerprint density at radius 3 is 1.24 bits per heavy atom. The predicted octanol–water partition coefficient (Wildman–Crippen LogP) is 14.0. The van der Waals surface area contributed by atoms with Gasteiger partial charge in [-0.15, -0.1) is 34.0 Å². The maximum Gasteiger partial charge on any atom is 0.119 e. The molecule has 0 amide bonds. The van der Waals surface area contributed by atoms with Crippen molar-refractivity contribution in [1.29, 1.82) is 0 Å². The molecule has 5 heteroatoms. The Labute approximate surface area is 283 Å². The van der Waals surface area contributed by atoms with Crippen LogP contribution in [0.25, 0.3) is 41.8 Å². The third-order valence-electron chi connectivity index (χ3n) is 8.22. The fraction of sp³-hybridized carbons (Fsp3) is 0.400. The quantitative estimate of drug-likeness (QED) is 0.0776. The van der Waals surface area contributed by atoms with Gasteiger partial charge in [0.2, 0.25) is 0 Å². The molecule has 0 aliphatic rings. The Hall–Kier alpha value is -2.86. The van der Waals surface area contributed by atoms with Gasteiger partial charge < -0.3 is 9.47 Å². The Morgan fingerprint density at radius 1 is 0.467 bits per heavy atom. The van der Waals surface area contributed by atoms with Gasteiger partial charge in [0.15, 0.2) is 0 Å². The van der Waals surface area contributed by atoms with E-state index in [4.69, 9.17) is 9.47 Å². The number of rotatable bonds is 20. The van der Waals surface area contributed by atoms with Crippen molar-refractivity contribution in [3.8, 4) is 53.3 Å². The standard InChI is InChI=1S/C40H48O2S3/c1-3-5-7-9-11-13-27-41-33-23-19-31(20-24-33)37-38(32-21-25-34(26-22-32)42-28-14-12-10-8-6-4-2)40(36-18-16-30-44-36)45-39(37)35-17-15-29-43-35/h15-26,29-30H,3-14,27-28H2,1-2H3. The van der Waals surface area contributed by atoms with Gasteiger partial charge >= 0.3 is 0 Å². The SMILES string of the molecule is CCCCCCCCOc1ccc(-c2c(-c3cccs3)sc(-c3cccs3)c2-c2ccc(OCCCCCCCC)cc2)cc1. The van der Waals surface area contributed by atoms with E-state index in [0.717, 1.165) is 37.6 Å². The molecule has 3 heterocycles. The first-order chi connectivity index (χ1) is 22.3. The van der Waals surface area contributed by atoms with Crippen LogP contribution in [-0.4, -0.2) is 13.2 Å². The van der Waals surface area contributed by atoms with Crippen molar-refractivity contribution in [3.05, 3.63) is 83.6 Å². The molecule has 0 fully saturated rings. The van der Waals surface area contributed by atoms with E-state index in [2.05, 4.69) is 97.4 Å². The number of unbranched alkanes of at least 4 members (excludes halogenated alkanes) is 10. The highest BCUT2D eigenvalue weighted by atomic mass is 32.1. The summed E-state index contributed by atoms with van der Waals surface area (Å²) in [7, 11) is 0. The van der Waals surface area contributed by atoms with E-state index >= 15 is 0 Å². The van der Waals surface area contributed by atoms with E-state index in [1.54, 1.807) is 0 Å². The zero-order valence-electron chi connectivity index (χ0n) is 27.0. The fourth-order valence-electron chi connectivity index (χ4n) is 5.73. The summed E-state index contributed by atoms with van der Waals surface area (Å²) in [5, 5.41) is 4.36. The first-order valence-electron chi connectivity index (χ1n) is 17.0. The molecular formula is C40H48O2S3. The fourth-order valence-corrected chi connectivity index (χ4v) is 8.79. The Bertz CT molecular complexity index is 1380. The van der Waals surface area contributed by atoms with E-state index in [1.165, 1.54) is 106 Å². The van der Waals surface area contributed by atoms with Crippen molar-refractivity contribution in [2.75, 3.05) is 13.2 Å². The van der Waals surface area contributed by atoms with Crippen molar-refractivity contribution in [2.45, 2.75) is 90.9 Å². The molecule has 0 saturated heterocycles. The third kappa shape index (κ3) is 9.57. The van der Waals surface area contributed by atoms with Crippen LogP contribution in [0.2, 0.25) is 0 Å². The minimum absolute atomic E-state index is 0.783. The minimum Gasteiger partial charge on any atom is -0.494 e. The highest BCUT2D eigenvalue weighted by Gasteiger charge is 2.24. The number of benzene rings is 2. The molecule has 0 unspecified atom stereocenters. The van der Waals surface area contributed by atoms with E-state index in [9.17, 15) is 0 Å². The van der Waals surface area contributed by atoms with Gasteiger partial charge in [-0.3, -0.25) is 0 Å². The molecule has 0 N–H and O–H groups in total. The van der Waals surface area contributed by atoms with Crippen LogP contribution in [0.1, 0.15) is 90.9 Å². The monoisotopic (exact) mass is 656 g/mol. The number of thiophene rings is 3. The lowest BCUT2D eigenvalue weighted by atomic mass is 9.94. The molecule has 0 aliphatic carbocycles. The lowest BCUT2D eigenvalue weighted by Gasteiger charge is -2.12. The van der Waals surface area contributed by atoms with E-state index < -0.39 is 0 Å². The Balaban J connectivity index is 1.38. The number of ether oxygens (including phenoxy) is 2. The van der Waals surface area contributed by atoms with Crippen LogP contribution in [0.3, 0.4) is 0 Å². The van der Waals surface area contributed by atoms with Gasteiger partial charge in [-0.1, -0.05) is 114 Å². The Morgan fingerprint density at radius 2 is 0.867 bits per heavy atom. The molecule has 238 valence electrons. The molecule has 2 aromatic carbocycles. The van der Waals surface area contributed by atoms with Gasteiger partial charge in [-0.2, -0.15) is 0 Å². The van der Waals surface area contributed by atoms with Crippen LogP contribution in [0.15, 0.2) is 83.6 Å². The minimum atomic E-state index is 0.783. The summed E-state index contributed by atoms with van der Waals surface area (Å²) in [5.41, 5.74) is 5.05. The number of hydrogen-bond donors (Lipinski definition) is 0. The molecule has 0 aliphatic heterocycles. The maximum absolute atomic E-state index is 6.16. The van der Waals surface area contributed by atoms with Crippen LogP contribution < -0.4 is 9.47 Å². The first-order valence-corrected chi connectivity index (χ1v) is 19.6. The highest BCUT2D eigenvalue weighted by Crippen LogP contribution is 2.53. The summed E-state index contributed by atoms with van der Waals surface area (Å²) < 4.78 is 12.3. The van der Waals surface area contributed by atoms with Crippen LogP contribution in [0, 0.1) is 0 Å². The zero-order chi connectivity index (χ0) is 31.1. The second kappa shape index (κ2) is 18.3. The summed E-state index contributed by atoms with van der Waals surface area (Å²) in [6, 6.07) is 26.4. The van der Waals surface area contributed by atoms with Crippen LogP contribution >= 0.6 is 34.0 Å². The highest BCUT2D eigenvalue weighted by molar-refractivity contribution is 7.26. The van der Waals surface area contributed by atoms with Crippen molar-refractivity contribution in [3.63, 3.8) is 0 Å². The molecule has 0 saturated carbocycles. The van der Waals surface area contributed by atoms with Gasteiger partial charge in [0.05, 0.1) is 23.0 Å². The first kappa shape index (κ1) is 33.5. The van der Waals surface area contributed by atoms with Crippen molar-refractivity contribution >= 4 is 34.0 Å². The number of hydrogen-bond acceptors (Lipinski definition) is 5. The van der Waals surface area contributed by atoms with Crippen molar-refractivity contribution in [1.82, 2.24) is 0 Å². The topological polar surface area (TPSA) is 18.5 Å². The average Bonchev–Trinajstić information content (AvgIpc) is 3.86. The molecule has 5 aromatic rings. The predicted molar refractivity (Wildman–Crippen MR) is 200 cm³/mol. The molecule has 0 radical (unpaired) electrons. The molecule has 3 aromatic heterocycles. The third-order valence-corrected chi connectivity index (χ3v) is 11.5. The molecule has 45 heavy (non-hydrogen) atoms. The smallest absolute Gasteiger partial charge is 0.119 e. The van der Waals surface area contributed by atoms with E-state index in [1.807, 2.05) is 34.0 Å². The van der Waals surface area contributed by atoms with E-state index in [-0.39, 0.29) is 0 Å². The van der Waals surface area contributed by atoms with Gasteiger partial charge in [-0.25, -0.2) is 0 Å². The summed E-state index contributed by atoms with van der Waals surface area (Å²) >= 11 is 5.53. The molecule has 0 spiro atoms. The van der Waals surface area contributed by atoms with Crippen molar-refractivity contribution in [2.24, 2.45) is 0 Å². The lowest BCUT2D eigenvalue weighted by Crippen LogP contribution is -1.97. The van der Waals surface area contributed by atoms with Crippen LogP contribution in [-0.2, 0) is 0 Å². The summed E-state index contributed by atoms with van der Waals surface area (Å²) in [5.74, 6) is 1.90. The van der Waals surface area contributed by atoms with Gasteiger partial charge in [0.1, 0.15) is 11.5 Å². The summed E-state index contributed by atoms with van der Waals surface area (Å²) in [4.78, 5) is 5.27.